The molecule has 1 saturated heterocycles. The molecule has 1 atom stereocenters. The maximum atomic E-state index is 11.6. The highest BCUT2D eigenvalue weighted by Gasteiger charge is 2.24. The molecule has 17 heavy (non-hydrogen) atoms. The Bertz CT molecular complexity index is 275. The molecule has 0 aliphatic carbocycles. The summed E-state index contributed by atoms with van der Waals surface area (Å²) in [4.78, 5) is 22.5. The third-order valence-corrected chi connectivity index (χ3v) is 2.84. The summed E-state index contributed by atoms with van der Waals surface area (Å²) in [5, 5.41) is 13.2. The van der Waals surface area contributed by atoms with Crippen molar-refractivity contribution in [2.24, 2.45) is 5.92 Å². The van der Waals surface area contributed by atoms with Gasteiger partial charge in [-0.1, -0.05) is 20.3 Å². The molecule has 0 spiro atoms. The molecule has 1 fully saturated rings. The first-order valence-electron chi connectivity index (χ1n) is 6.05. The Hall–Kier alpha value is -1.30. The van der Waals surface area contributed by atoms with E-state index in [2.05, 4.69) is 10.7 Å². The highest BCUT2D eigenvalue weighted by Crippen LogP contribution is 2.06. The Morgan fingerprint density at radius 2 is 1.76 bits per heavy atom. The summed E-state index contributed by atoms with van der Waals surface area (Å²) in [5.41, 5.74) is 2.68. The van der Waals surface area contributed by atoms with Crippen LogP contribution in [0.1, 0.15) is 33.1 Å². The number of piperidine rings is 1. The molecule has 1 aliphatic heterocycles. The van der Waals surface area contributed by atoms with Gasteiger partial charge < -0.3 is 10.4 Å². The van der Waals surface area contributed by atoms with E-state index in [0.717, 1.165) is 25.9 Å². The van der Waals surface area contributed by atoms with Crippen LogP contribution in [0.15, 0.2) is 0 Å². The van der Waals surface area contributed by atoms with Crippen LogP contribution >= 0.6 is 0 Å². The van der Waals surface area contributed by atoms with Crippen molar-refractivity contribution in [2.45, 2.75) is 39.2 Å². The highest BCUT2D eigenvalue weighted by atomic mass is 16.4. The average Bonchev–Trinajstić information content (AvgIpc) is 2.26. The highest BCUT2D eigenvalue weighted by molar-refractivity contribution is 5.82. The van der Waals surface area contributed by atoms with Crippen LogP contribution in [-0.4, -0.2) is 41.2 Å². The minimum atomic E-state index is -1.01. The summed E-state index contributed by atoms with van der Waals surface area (Å²) in [5.74, 6) is -1.14. The van der Waals surface area contributed by atoms with Gasteiger partial charge in [-0.3, -0.25) is 5.43 Å². The lowest BCUT2D eigenvalue weighted by Gasteiger charge is -2.28. The summed E-state index contributed by atoms with van der Waals surface area (Å²) < 4.78 is 0. The van der Waals surface area contributed by atoms with Crippen molar-refractivity contribution in [2.75, 3.05) is 13.1 Å². The Morgan fingerprint density at radius 3 is 2.24 bits per heavy atom. The first-order chi connectivity index (χ1) is 8.00. The fraction of sp³-hybridized carbons (Fsp3) is 0.818. The second kappa shape index (κ2) is 6.44. The Balaban J connectivity index is 2.38. The summed E-state index contributed by atoms with van der Waals surface area (Å²) in [6.45, 7) is 5.18. The summed E-state index contributed by atoms with van der Waals surface area (Å²) in [7, 11) is 0. The number of nitrogens with zero attached hydrogens (tertiary/aromatic N) is 1. The minimum absolute atomic E-state index is 0.139. The fourth-order valence-electron chi connectivity index (χ4n) is 1.84. The van der Waals surface area contributed by atoms with E-state index >= 15 is 0 Å². The summed E-state index contributed by atoms with van der Waals surface area (Å²) in [6.07, 6.45) is 3.31. The largest absolute Gasteiger partial charge is 0.480 e. The number of amides is 2. The van der Waals surface area contributed by atoms with E-state index in [4.69, 9.17) is 5.11 Å². The van der Waals surface area contributed by atoms with Crippen LogP contribution < -0.4 is 10.7 Å². The summed E-state index contributed by atoms with van der Waals surface area (Å²) in [6, 6.07) is -1.28. The van der Waals surface area contributed by atoms with Crippen LogP contribution in [0.4, 0.5) is 4.79 Å². The third kappa shape index (κ3) is 4.60. The van der Waals surface area contributed by atoms with Crippen molar-refractivity contribution in [3.63, 3.8) is 0 Å². The molecule has 6 nitrogen and oxygen atoms in total. The van der Waals surface area contributed by atoms with Crippen molar-refractivity contribution in [3.8, 4) is 0 Å². The summed E-state index contributed by atoms with van der Waals surface area (Å²) >= 11 is 0. The van der Waals surface area contributed by atoms with E-state index in [1.54, 1.807) is 13.8 Å². The molecule has 0 aromatic heterocycles. The lowest BCUT2D eigenvalue weighted by Crippen LogP contribution is -2.54. The first kappa shape index (κ1) is 13.8. The van der Waals surface area contributed by atoms with E-state index < -0.39 is 18.0 Å². The van der Waals surface area contributed by atoms with Gasteiger partial charge >= 0.3 is 12.0 Å². The number of aliphatic carboxylic acids is 1. The van der Waals surface area contributed by atoms with Gasteiger partial charge in [-0.2, -0.15) is 0 Å². The number of hydrogen-bond donors (Lipinski definition) is 3. The van der Waals surface area contributed by atoms with Gasteiger partial charge in [0.1, 0.15) is 6.04 Å². The maximum absolute atomic E-state index is 11.6. The Morgan fingerprint density at radius 1 is 1.18 bits per heavy atom. The fourth-order valence-corrected chi connectivity index (χ4v) is 1.84. The van der Waals surface area contributed by atoms with Crippen LogP contribution in [-0.2, 0) is 4.79 Å². The van der Waals surface area contributed by atoms with Gasteiger partial charge in [-0.25, -0.2) is 14.6 Å². The zero-order chi connectivity index (χ0) is 12.8. The first-order valence-corrected chi connectivity index (χ1v) is 6.05. The normalized spacial score (nSPS) is 18.8. The van der Waals surface area contributed by atoms with Gasteiger partial charge in [0.05, 0.1) is 0 Å². The van der Waals surface area contributed by atoms with E-state index in [1.807, 2.05) is 5.01 Å². The van der Waals surface area contributed by atoms with Gasteiger partial charge in [0.2, 0.25) is 0 Å². The molecule has 1 heterocycles. The van der Waals surface area contributed by atoms with Gasteiger partial charge in [0, 0.05) is 13.1 Å². The Kier molecular flexibility index (Phi) is 5.21. The third-order valence-electron chi connectivity index (χ3n) is 2.84. The topological polar surface area (TPSA) is 81.7 Å². The van der Waals surface area contributed by atoms with Gasteiger partial charge in [-0.05, 0) is 18.8 Å². The molecule has 1 rings (SSSR count). The van der Waals surface area contributed by atoms with Crippen LogP contribution in [0.2, 0.25) is 0 Å². The van der Waals surface area contributed by atoms with Crippen molar-refractivity contribution in [1.29, 1.82) is 0 Å². The van der Waals surface area contributed by atoms with Crippen LogP contribution in [0.25, 0.3) is 0 Å². The van der Waals surface area contributed by atoms with Crippen molar-refractivity contribution < 1.29 is 14.7 Å². The molecular weight excluding hydrogens is 222 g/mol. The predicted molar refractivity (Wildman–Crippen MR) is 63.4 cm³/mol. The molecule has 3 N–H and O–H groups in total. The number of hydrazine groups is 1. The molecule has 0 bridgehead atoms. The molecule has 0 saturated carbocycles. The number of urea groups is 1. The van der Waals surface area contributed by atoms with E-state index in [0.29, 0.717) is 0 Å². The van der Waals surface area contributed by atoms with Crippen molar-refractivity contribution >= 4 is 12.0 Å². The quantitative estimate of drug-likeness (QED) is 0.682. The van der Waals surface area contributed by atoms with Crippen molar-refractivity contribution in [3.05, 3.63) is 0 Å². The second-order valence-corrected chi connectivity index (χ2v) is 4.69. The number of carboxylic acid groups (broad SMARTS) is 1. The lowest BCUT2D eigenvalue weighted by atomic mass is 10.1. The number of rotatable bonds is 4. The zero-order valence-corrected chi connectivity index (χ0v) is 10.4. The number of carbonyl (C=O) groups is 2. The molecule has 0 aromatic rings. The molecule has 98 valence electrons. The predicted octanol–water partition coefficient (Wildman–Crippen LogP) is 0.796. The average molecular weight is 243 g/mol. The van der Waals surface area contributed by atoms with Gasteiger partial charge in [-0.15, -0.1) is 0 Å². The van der Waals surface area contributed by atoms with Gasteiger partial charge in [0.15, 0.2) is 0 Å². The number of hydrogen-bond acceptors (Lipinski definition) is 3. The molecule has 0 aromatic carbocycles. The second-order valence-electron chi connectivity index (χ2n) is 4.69. The maximum Gasteiger partial charge on any atom is 0.330 e. The number of nitrogens with one attached hydrogen (secondary N) is 2. The van der Waals surface area contributed by atoms with Crippen LogP contribution in [0, 0.1) is 5.92 Å². The van der Waals surface area contributed by atoms with Crippen LogP contribution in [0.5, 0.6) is 0 Å². The molecule has 2 amide bonds. The molecule has 0 unspecified atom stereocenters. The van der Waals surface area contributed by atoms with Crippen molar-refractivity contribution in [1.82, 2.24) is 15.8 Å². The lowest BCUT2D eigenvalue weighted by molar-refractivity contribution is -0.140. The number of carboxylic acids is 1. The standard InChI is InChI=1S/C11H21N3O3/c1-8(2)9(10(15)16)12-11(17)13-14-6-4-3-5-7-14/h8-9H,3-7H2,1-2H3,(H,15,16)(H2,12,13,17)/t9-/m0/s1. The van der Waals surface area contributed by atoms with E-state index in [-0.39, 0.29) is 5.92 Å². The molecule has 0 radical (unpaired) electrons. The smallest absolute Gasteiger partial charge is 0.330 e. The monoisotopic (exact) mass is 243 g/mol. The molecule has 6 heteroatoms. The Labute approximate surface area is 101 Å². The zero-order valence-electron chi connectivity index (χ0n) is 10.4. The molecular formula is C11H21N3O3. The van der Waals surface area contributed by atoms with E-state index in [9.17, 15) is 9.59 Å². The molecule has 1 aliphatic rings. The minimum Gasteiger partial charge on any atom is -0.480 e. The number of carbonyl (C=O) groups excluding carboxylic acids is 1. The van der Waals surface area contributed by atoms with Gasteiger partial charge in [0.25, 0.3) is 0 Å². The van der Waals surface area contributed by atoms with E-state index in [1.165, 1.54) is 6.42 Å². The SMILES string of the molecule is CC(C)[C@H](NC(=O)NN1CCCCC1)C(=O)O. The van der Waals surface area contributed by atoms with Crippen LogP contribution in [0.3, 0.4) is 0 Å².